The number of nitrogens with one attached hydrogen (secondary N) is 1. The van der Waals surface area contributed by atoms with Gasteiger partial charge in [0.15, 0.2) is 0 Å². The molecule has 0 atom stereocenters. The predicted octanol–water partition coefficient (Wildman–Crippen LogP) is 5.90. The van der Waals surface area contributed by atoms with Gasteiger partial charge in [0.25, 0.3) is 0 Å². The molecule has 0 aliphatic carbocycles. The Morgan fingerprint density at radius 2 is 1.83 bits per heavy atom. The van der Waals surface area contributed by atoms with Crippen molar-refractivity contribution >= 4 is 19.6 Å². The number of nitrogens with zero attached hydrogens (tertiary/aromatic N) is 1. The highest BCUT2D eigenvalue weighted by molar-refractivity contribution is 6.21. The number of nitrogens with two attached hydrogens (primary N) is 1. The number of anilines is 1. The van der Waals surface area contributed by atoms with Gasteiger partial charge in [-0.1, -0.05) is 56.8 Å². The van der Waals surface area contributed by atoms with Gasteiger partial charge in [-0.25, -0.2) is 0 Å². The van der Waals surface area contributed by atoms with Gasteiger partial charge in [-0.2, -0.15) is 0 Å². The third kappa shape index (κ3) is 6.14. The second-order valence-electron chi connectivity index (χ2n) is 7.53. The second kappa shape index (κ2) is 11.5. The molecule has 156 valence electrons. The van der Waals surface area contributed by atoms with Crippen LogP contribution < -0.4 is 11.3 Å². The van der Waals surface area contributed by atoms with E-state index in [0.717, 1.165) is 59.6 Å². The van der Waals surface area contributed by atoms with Gasteiger partial charge < -0.3 is 10.3 Å². The Labute approximate surface area is 183 Å². The van der Waals surface area contributed by atoms with E-state index < -0.39 is 0 Å². The molecule has 3 N–H and O–H groups in total. The molecule has 30 heavy (non-hydrogen) atoms. The van der Waals surface area contributed by atoms with E-state index in [4.69, 9.17) is 13.7 Å². The molecule has 0 amide bonds. The fraction of sp³-hybridized carbons (Fsp3) is 0.308. The molecule has 0 saturated carbocycles. The van der Waals surface area contributed by atoms with E-state index >= 15 is 0 Å². The zero-order valence-corrected chi connectivity index (χ0v) is 18.7. The van der Waals surface area contributed by atoms with Crippen molar-refractivity contribution in [2.45, 2.75) is 40.0 Å². The maximum atomic E-state index is 5.88. The zero-order valence-electron chi connectivity index (χ0n) is 18.7. The first kappa shape index (κ1) is 23.6. The third-order valence-corrected chi connectivity index (χ3v) is 5.24. The Morgan fingerprint density at radius 1 is 1.10 bits per heavy atom. The predicted molar refractivity (Wildman–Crippen MR) is 133 cm³/mol. The highest BCUT2D eigenvalue weighted by Crippen LogP contribution is 2.29. The Morgan fingerprint density at radius 3 is 2.43 bits per heavy atom. The van der Waals surface area contributed by atoms with E-state index in [9.17, 15) is 0 Å². The third-order valence-electron chi connectivity index (χ3n) is 5.24. The van der Waals surface area contributed by atoms with Crippen LogP contribution in [-0.2, 0) is 6.42 Å². The number of nitrogen functional groups attached to an aromatic ring is 1. The summed E-state index contributed by atoms with van der Waals surface area (Å²) in [5.74, 6) is 5.88. The van der Waals surface area contributed by atoms with E-state index in [1.54, 1.807) is 0 Å². The molecule has 0 aliphatic rings. The molecule has 3 nitrogen and oxygen atoms in total. The zero-order chi connectivity index (χ0) is 22.1. The van der Waals surface area contributed by atoms with Crippen LogP contribution in [0.3, 0.4) is 0 Å². The van der Waals surface area contributed by atoms with Crippen LogP contribution in [0, 0.1) is 0 Å². The van der Waals surface area contributed by atoms with Crippen molar-refractivity contribution in [1.29, 1.82) is 0 Å². The van der Waals surface area contributed by atoms with Gasteiger partial charge in [0.2, 0.25) is 0 Å². The van der Waals surface area contributed by atoms with Crippen LogP contribution >= 0.6 is 0 Å². The highest BCUT2D eigenvalue weighted by atomic mass is 15.2. The molecule has 4 heteroatoms. The first-order valence-corrected chi connectivity index (χ1v) is 10.7. The summed E-state index contributed by atoms with van der Waals surface area (Å²) in [5.41, 5.74) is 11.1. The minimum atomic E-state index is 0.661. The molecule has 0 spiro atoms. The van der Waals surface area contributed by atoms with Crippen LogP contribution in [0.2, 0.25) is 0 Å². The minimum absolute atomic E-state index is 0.661. The number of benzene rings is 2. The average Bonchev–Trinajstić information content (AvgIpc) is 2.75. The number of hydrogen-bond donors (Lipinski definition) is 2. The van der Waals surface area contributed by atoms with Crippen molar-refractivity contribution < 1.29 is 0 Å². The van der Waals surface area contributed by atoms with Gasteiger partial charge in [0.1, 0.15) is 7.85 Å². The molecule has 2 radical (unpaired) electrons. The lowest BCUT2D eigenvalue weighted by atomic mass is 9.90. The van der Waals surface area contributed by atoms with Crippen molar-refractivity contribution in [1.82, 2.24) is 4.90 Å². The number of rotatable bonds is 11. The number of allylic oxidation sites excluding steroid dienone is 2. The van der Waals surface area contributed by atoms with Crippen molar-refractivity contribution in [2.75, 3.05) is 18.5 Å². The Hall–Kier alpha value is -2.72. The van der Waals surface area contributed by atoms with E-state index in [2.05, 4.69) is 86.7 Å². The van der Waals surface area contributed by atoms with Crippen LogP contribution in [-0.4, -0.2) is 25.8 Å². The van der Waals surface area contributed by atoms with Crippen LogP contribution in [0.4, 0.5) is 5.69 Å². The van der Waals surface area contributed by atoms with E-state index in [1.807, 2.05) is 6.07 Å². The minimum Gasteiger partial charge on any atom is -0.372 e. The van der Waals surface area contributed by atoms with Crippen molar-refractivity contribution in [2.24, 2.45) is 5.84 Å². The summed E-state index contributed by atoms with van der Waals surface area (Å²) in [5, 5.41) is 0. The standard InChI is InChI=1S/C26H34BN3/c1-6-14-30(8-3)20(5)22(7-2)17-25-13-12-24(18-26(25)29-28)23-11-9-10-21(16-23)15-19(4)27/h9-13,16-18,29H,4-8,14-15,28H2,1-3H3/b22-17+. The van der Waals surface area contributed by atoms with Crippen molar-refractivity contribution in [3.8, 4) is 11.1 Å². The van der Waals surface area contributed by atoms with E-state index in [-0.39, 0.29) is 0 Å². The normalized spacial score (nSPS) is 11.3. The highest BCUT2D eigenvalue weighted by Gasteiger charge is 2.11. The molecule has 0 saturated heterocycles. The number of hydrogen-bond acceptors (Lipinski definition) is 3. The molecule has 0 fully saturated rings. The number of likely N-dealkylation sites (N-methyl/N-ethyl adjacent to an activating group) is 1. The van der Waals surface area contributed by atoms with Gasteiger partial charge >= 0.3 is 0 Å². The smallest absolute Gasteiger partial charge is 0.107 e. The van der Waals surface area contributed by atoms with Gasteiger partial charge in [-0.3, -0.25) is 5.84 Å². The lowest BCUT2D eigenvalue weighted by molar-refractivity contribution is 0.369. The quantitative estimate of drug-likeness (QED) is 0.214. The molecule has 2 aromatic rings. The van der Waals surface area contributed by atoms with Crippen LogP contribution in [0.1, 0.15) is 44.7 Å². The summed E-state index contributed by atoms with van der Waals surface area (Å²) in [6.07, 6.45) is 4.87. The van der Waals surface area contributed by atoms with Crippen molar-refractivity contribution in [3.63, 3.8) is 0 Å². The topological polar surface area (TPSA) is 41.3 Å². The number of hydrazine groups is 1. The Balaban J connectivity index is 2.38. The molecular weight excluding hydrogens is 365 g/mol. The fourth-order valence-corrected chi connectivity index (χ4v) is 3.64. The summed E-state index contributed by atoms with van der Waals surface area (Å²) >= 11 is 0. The lowest BCUT2D eigenvalue weighted by Crippen LogP contribution is -2.24. The first-order chi connectivity index (χ1) is 14.4. The van der Waals surface area contributed by atoms with E-state index in [0.29, 0.717) is 11.9 Å². The van der Waals surface area contributed by atoms with Gasteiger partial charge in [-0.05, 0) is 66.2 Å². The molecule has 0 unspecified atom stereocenters. The maximum absolute atomic E-state index is 5.88. The molecule has 2 aromatic carbocycles. The summed E-state index contributed by atoms with van der Waals surface area (Å²) in [4.78, 5) is 2.33. The Kier molecular flexibility index (Phi) is 9.00. The molecule has 0 heterocycles. The van der Waals surface area contributed by atoms with Gasteiger partial charge in [0.05, 0.1) is 5.69 Å². The molecule has 0 bridgehead atoms. The largest absolute Gasteiger partial charge is 0.372 e. The summed E-state index contributed by atoms with van der Waals surface area (Å²) in [6.45, 7) is 16.7. The maximum Gasteiger partial charge on any atom is 0.107 e. The average molecular weight is 399 g/mol. The molecule has 0 aromatic heterocycles. The summed E-state index contributed by atoms with van der Waals surface area (Å²) in [7, 11) is 5.77. The Bertz CT molecular complexity index is 914. The molecule has 0 aliphatic heterocycles. The van der Waals surface area contributed by atoms with Gasteiger partial charge in [0, 0.05) is 18.8 Å². The first-order valence-electron chi connectivity index (χ1n) is 10.7. The van der Waals surface area contributed by atoms with Crippen molar-refractivity contribution in [3.05, 3.63) is 83.5 Å². The van der Waals surface area contributed by atoms with Crippen LogP contribution in [0.25, 0.3) is 17.2 Å². The van der Waals surface area contributed by atoms with E-state index in [1.165, 1.54) is 5.57 Å². The summed E-state index contributed by atoms with van der Waals surface area (Å²) in [6, 6.07) is 14.7. The fourth-order valence-electron chi connectivity index (χ4n) is 3.64. The van der Waals surface area contributed by atoms with Crippen LogP contribution in [0.15, 0.2) is 72.4 Å². The van der Waals surface area contributed by atoms with Crippen LogP contribution in [0.5, 0.6) is 0 Å². The molecular formula is C26H34BN3. The summed E-state index contributed by atoms with van der Waals surface area (Å²) < 4.78 is 0. The lowest BCUT2D eigenvalue weighted by Gasteiger charge is -2.26. The van der Waals surface area contributed by atoms with Gasteiger partial charge in [-0.15, -0.1) is 12.1 Å². The second-order valence-corrected chi connectivity index (χ2v) is 7.53. The molecule has 2 rings (SSSR count). The monoisotopic (exact) mass is 399 g/mol. The SMILES string of the molecule is [B]C(=C)Cc1cccc(-c2ccc(/C=C(\CC)C(=C)N(CC)CCC)c(NN)c2)c1.